The van der Waals surface area contributed by atoms with Gasteiger partial charge in [0.05, 0.1) is 0 Å². The second-order valence-corrected chi connectivity index (χ2v) is 7.70. The van der Waals surface area contributed by atoms with Crippen LogP contribution in [-0.4, -0.2) is 20.1 Å². The summed E-state index contributed by atoms with van der Waals surface area (Å²) in [6, 6.07) is 14.9. The molecule has 0 spiro atoms. The van der Waals surface area contributed by atoms with Gasteiger partial charge in [-0.15, -0.1) is 16.6 Å². The number of halogens is 1. The van der Waals surface area contributed by atoms with Crippen LogP contribution in [0.1, 0.15) is 12.0 Å². The second kappa shape index (κ2) is 9.36. The smallest absolute Gasteiger partial charge is 0.250 e. The molecule has 5 nitrogen and oxygen atoms in total. The number of hydrazine groups is 1. The average molecular weight is 380 g/mol. The highest BCUT2D eigenvalue weighted by Crippen LogP contribution is 2.18. The van der Waals surface area contributed by atoms with Crippen molar-refractivity contribution in [1.82, 2.24) is 10.3 Å². The first-order valence-electron chi connectivity index (χ1n) is 7.37. The maximum atomic E-state index is 12.8. The first kappa shape index (κ1) is 19.2. The Hall–Kier alpha value is -2.16. The highest BCUT2D eigenvalue weighted by Gasteiger charge is 2.08. The van der Waals surface area contributed by atoms with Crippen LogP contribution in [0.5, 0.6) is 0 Å². The van der Waals surface area contributed by atoms with Crippen LogP contribution in [-0.2, 0) is 14.8 Å². The van der Waals surface area contributed by atoms with Gasteiger partial charge in [-0.3, -0.25) is 10.2 Å². The lowest BCUT2D eigenvalue weighted by atomic mass is 10.2. The molecule has 0 atom stereocenters. The van der Waals surface area contributed by atoms with E-state index >= 15 is 0 Å². The third kappa shape index (κ3) is 7.51. The number of benzene rings is 2. The van der Waals surface area contributed by atoms with Gasteiger partial charge in [0.1, 0.15) is 5.82 Å². The van der Waals surface area contributed by atoms with E-state index in [1.54, 1.807) is 36.4 Å². The zero-order valence-corrected chi connectivity index (χ0v) is 14.8. The summed E-state index contributed by atoms with van der Waals surface area (Å²) in [6.45, 7) is 0. The van der Waals surface area contributed by atoms with Crippen molar-refractivity contribution >= 4 is 33.8 Å². The molecule has 132 valence electrons. The first-order chi connectivity index (χ1) is 11.9. The molecule has 2 aromatic carbocycles. The highest BCUT2D eigenvalue weighted by molar-refractivity contribution is 7.99. The molecule has 0 aromatic heterocycles. The number of sulfonamides is 1. The molecule has 25 heavy (non-hydrogen) atoms. The van der Waals surface area contributed by atoms with Crippen LogP contribution < -0.4 is 10.3 Å². The van der Waals surface area contributed by atoms with Gasteiger partial charge in [0.2, 0.25) is 5.91 Å². The third-order valence-corrected chi connectivity index (χ3v) is 4.88. The quantitative estimate of drug-likeness (QED) is 0.545. The van der Waals surface area contributed by atoms with Crippen LogP contribution >= 0.6 is 11.8 Å². The Kier molecular flexibility index (Phi) is 7.17. The molecule has 0 heterocycles. The topological polar surface area (TPSA) is 75.3 Å². The summed E-state index contributed by atoms with van der Waals surface area (Å²) >= 11 is 1.38. The van der Waals surface area contributed by atoms with Crippen molar-refractivity contribution in [2.45, 2.75) is 11.3 Å². The van der Waals surface area contributed by atoms with Crippen LogP contribution in [0.25, 0.3) is 6.08 Å². The van der Waals surface area contributed by atoms with Crippen molar-refractivity contribution in [2.24, 2.45) is 0 Å². The van der Waals surface area contributed by atoms with Crippen LogP contribution in [0.3, 0.4) is 0 Å². The van der Waals surface area contributed by atoms with E-state index in [-0.39, 0.29) is 12.2 Å². The fraction of sp³-hybridized carbons (Fsp3) is 0.118. The molecule has 0 bridgehead atoms. The van der Waals surface area contributed by atoms with Crippen molar-refractivity contribution < 1.29 is 17.6 Å². The fourth-order valence-electron chi connectivity index (χ4n) is 1.75. The average Bonchev–Trinajstić information content (AvgIpc) is 2.61. The number of nitrogens with one attached hydrogen (secondary N) is 2. The summed E-state index contributed by atoms with van der Waals surface area (Å²) < 4.78 is 36.3. The minimum Gasteiger partial charge on any atom is -0.278 e. The lowest BCUT2D eigenvalue weighted by Gasteiger charge is -2.06. The molecule has 0 aliphatic rings. The molecule has 0 saturated carbocycles. The summed E-state index contributed by atoms with van der Waals surface area (Å²) in [7, 11) is -3.77. The predicted molar refractivity (Wildman–Crippen MR) is 97.4 cm³/mol. The first-order valence-corrected chi connectivity index (χ1v) is 9.90. The van der Waals surface area contributed by atoms with E-state index in [9.17, 15) is 17.6 Å². The molecule has 8 heteroatoms. The minimum atomic E-state index is -3.77. The summed E-state index contributed by atoms with van der Waals surface area (Å²) in [5.74, 6) is -0.328. The zero-order chi connectivity index (χ0) is 18.1. The summed E-state index contributed by atoms with van der Waals surface area (Å²) in [5, 5.41) is 0.982. The molecule has 0 unspecified atom stereocenters. The number of hydrogen-bond donors (Lipinski definition) is 2. The van der Waals surface area contributed by atoms with Gasteiger partial charge < -0.3 is 0 Å². The Morgan fingerprint density at radius 2 is 1.76 bits per heavy atom. The van der Waals surface area contributed by atoms with Gasteiger partial charge in [-0.05, 0) is 35.9 Å². The fourth-order valence-corrected chi connectivity index (χ4v) is 3.26. The summed E-state index contributed by atoms with van der Waals surface area (Å²) in [6.07, 6.45) is 1.55. The summed E-state index contributed by atoms with van der Waals surface area (Å²) in [4.78, 5) is 14.5. The minimum absolute atomic E-state index is 0.118. The molecular formula is C17H17FN2O3S2. The normalized spacial score (nSPS) is 11.6. The van der Waals surface area contributed by atoms with Crippen LogP contribution in [0, 0.1) is 5.82 Å². The molecule has 0 aliphatic heterocycles. The molecular weight excluding hydrogens is 363 g/mol. The lowest BCUT2D eigenvalue weighted by molar-refractivity contribution is -0.121. The highest BCUT2D eigenvalue weighted by atomic mass is 32.2. The van der Waals surface area contributed by atoms with Gasteiger partial charge in [0.15, 0.2) is 0 Å². The van der Waals surface area contributed by atoms with Gasteiger partial charge >= 0.3 is 0 Å². The van der Waals surface area contributed by atoms with Crippen molar-refractivity contribution in [3.8, 4) is 0 Å². The van der Waals surface area contributed by atoms with E-state index in [0.717, 1.165) is 15.9 Å². The molecule has 2 N–H and O–H groups in total. The SMILES string of the molecule is O=C(CCSc1ccc(F)cc1)NNS(=O)(=O)/C=C/c1ccccc1. The molecule has 1 amide bonds. The van der Waals surface area contributed by atoms with Gasteiger partial charge in [0.25, 0.3) is 10.0 Å². The molecule has 2 aromatic rings. The van der Waals surface area contributed by atoms with Gasteiger partial charge in [0, 0.05) is 22.5 Å². The van der Waals surface area contributed by atoms with Crippen LogP contribution in [0.4, 0.5) is 4.39 Å². The number of carbonyl (C=O) groups excluding carboxylic acids is 1. The third-order valence-electron chi connectivity index (χ3n) is 2.98. The van der Waals surface area contributed by atoms with E-state index < -0.39 is 15.9 Å². The Bertz CT molecular complexity index is 823. The standard InChI is InChI=1S/C17H17FN2O3S2/c18-15-6-8-16(9-7-15)24-12-10-17(21)19-20-25(22,23)13-11-14-4-2-1-3-5-14/h1-9,11,13,20H,10,12H2,(H,19,21)/b13-11+. The van der Waals surface area contributed by atoms with Crippen molar-refractivity contribution in [2.75, 3.05) is 5.75 Å². The van der Waals surface area contributed by atoms with Crippen LogP contribution in [0.2, 0.25) is 0 Å². The molecule has 0 aliphatic carbocycles. The number of rotatable bonds is 8. The van der Waals surface area contributed by atoms with Crippen LogP contribution in [0.15, 0.2) is 64.9 Å². The van der Waals surface area contributed by atoms with E-state index in [1.165, 1.54) is 30.0 Å². The Labute approximate surface area is 150 Å². The number of thioether (sulfide) groups is 1. The number of hydrogen-bond acceptors (Lipinski definition) is 4. The van der Waals surface area contributed by atoms with Crippen molar-refractivity contribution in [1.29, 1.82) is 0 Å². The second-order valence-electron chi connectivity index (χ2n) is 4.96. The molecule has 0 radical (unpaired) electrons. The Morgan fingerprint density at radius 3 is 2.44 bits per heavy atom. The largest absolute Gasteiger partial charge is 0.278 e. The summed E-state index contributed by atoms with van der Waals surface area (Å²) in [5.41, 5.74) is 2.88. The number of amides is 1. The molecule has 2 rings (SSSR count). The van der Waals surface area contributed by atoms with E-state index in [2.05, 4.69) is 5.43 Å². The zero-order valence-electron chi connectivity index (χ0n) is 13.2. The maximum Gasteiger partial charge on any atom is 0.250 e. The maximum absolute atomic E-state index is 12.8. The molecule has 0 saturated heterocycles. The lowest BCUT2D eigenvalue weighted by Crippen LogP contribution is -2.40. The van der Waals surface area contributed by atoms with Crippen molar-refractivity contribution in [3.05, 3.63) is 71.4 Å². The van der Waals surface area contributed by atoms with E-state index in [0.29, 0.717) is 5.75 Å². The Morgan fingerprint density at radius 1 is 1.08 bits per heavy atom. The van der Waals surface area contributed by atoms with Gasteiger partial charge in [-0.2, -0.15) is 0 Å². The van der Waals surface area contributed by atoms with Crippen molar-refractivity contribution in [3.63, 3.8) is 0 Å². The van der Waals surface area contributed by atoms with Gasteiger partial charge in [-0.1, -0.05) is 30.3 Å². The van der Waals surface area contributed by atoms with Gasteiger partial charge in [-0.25, -0.2) is 12.8 Å². The van der Waals surface area contributed by atoms with E-state index in [1.807, 2.05) is 10.9 Å². The number of carbonyl (C=O) groups is 1. The predicted octanol–water partition coefficient (Wildman–Crippen LogP) is 2.93. The Balaban J connectivity index is 1.73. The van der Waals surface area contributed by atoms with E-state index in [4.69, 9.17) is 0 Å². The monoisotopic (exact) mass is 380 g/mol. The molecule has 0 fully saturated rings.